The van der Waals surface area contributed by atoms with E-state index in [-0.39, 0.29) is 0 Å². The average molecular weight is 342 g/mol. The van der Waals surface area contributed by atoms with E-state index in [2.05, 4.69) is 33.0 Å². The third kappa shape index (κ3) is 15.4. The summed E-state index contributed by atoms with van der Waals surface area (Å²) in [6.07, 6.45) is 18.7. The van der Waals surface area contributed by atoms with Crippen LogP contribution in [0.15, 0.2) is 0 Å². The van der Waals surface area contributed by atoms with Gasteiger partial charge >= 0.3 is 0 Å². The van der Waals surface area contributed by atoms with Crippen LogP contribution in [0.4, 0.5) is 0 Å². The van der Waals surface area contributed by atoms with Gasteiger partial charge < -0.3 is 10.1 Å². The van der Waals surface area contributed by atoms with Gasteiger partial charge in [-0.05, 0) is 26.2 Å². The quantitative estimate of drug-likeness (QED) is 0.259. The molecular weight excluding hydrogens is 294 g/mol. The number of ether oxygens (including phenoxy) is 1. The molecule has 0 amide bonds. The molecule has 0 fully saturated rings. The highest BCUT2D eigenvalue weighted by Gasteiger charge is 2.22. The Morgan fingerprint density at radius 2 is 1.12 bits per heavy atom. The Bertz CT molecular complexity index is 230. The van der Waals surface area contributed by atoms with E-state index in [0.717, 1.165) is 19.8 Å². The van der Waals surface area contributed by atoms with E-state index in [1.54, 1.807) is 0 Å². The maximum absolute atomic E-state index is 5.80. The van der Waals surface area contributed by atoms with Crippen molar-refractivity contribution in [1.82, 2.24) is 5.32 Å². The van der Waals surface area contributed by atoms with Crippen molar-refractivity contribution in [2.45, 2.75) is 123 Å². The molecule has 0 aliphatic rings. The summed E-state index contributed by atoms with van der Waals surface area (Å²) in [5, 5.41) is 3.83. The second-order valence-electron chi connectivity index (χ2n) is 7.78. The van der Waals surface area contributed by atoms with E-state index >= 15 is 0 Å². The van der Waals surface area contributed by atoms with E-state index in [0.29, 0.717) is 5.54 Å². The molecule has 146 valence electrons. The van der Waals surface area contributed by atoms with E-state index < -0.39 is 0 Å². The van der Waals surface area contributed by atoms with E-state index in [1.165, 1.54) is 89.9 Å². The van der Waals surface area contributed by atoms with Crippen LogP contribution in [0.25, 0.3) is 0 Å². The van der Waals surface area contributed by atoms with Gasteiger partial charge in [0.1, 0.15) is 0 Å². The van der Waals surface area contributed by atoms with Gasteiger partial charge in [-0.15, -0.1) is 0 Å². The molecule has 1 N–H and O–H groups in total. The van der Waals surface area contributed by atoms with Crippen molar-refractivity contribution in [2.75, 3.05) is 19.8 Å². The molecule has 0 heterocycles. The number of unbranched alkanes of at least 4 members (excludes halogenated alkanes) is 9. The first-order valence-corrected chi connectivity index (χ1v) is 11.0. The van der Waals surface area contributed by atoms with Crippen LogP contribution in [0, 0.1) is 0 Å². The fraction of sp³-hybridized carbons (Fsp3) is 1.00. The van der Waals surface area contributed by atoms with E-state index in [1.807, 2.05) is 0 Å². The highest BCUT2D eigenvalue weighted by atomic mass is 16.5. The van der Waals surface area contributed by atoms with E-state index in [9.17, 15) is 0 Å². The van der Waals surface area contributed by atoms with Gasteiger partial charge in [-0.2, -0.15) is 0 Å². The van der Waals surface area contributed by atoms with Crippen LogP contribution in [-0.4, -0.2) is 25.3 Å². The molecule has 0 bridgehead atoms. The minimum absolute atomic E-state index is 0.313. The van der Waals surface area contributed by atoms with Crippen molar-refractivity contribution >= 4 is 0 Å². The number of hydrogen-bond acceptors (Lipinski definition) is 2. The molecule has 24 heavy (non-hydrogen) atoms. The van der Waals surface area contributed by atoms with Gasteiger partial charge in [0, 0.05) is 18.7 Å². The lowest BCUT2D eigenvalue weighted by molar-refractivity contribution is 0.122. The first kappa shape index (κ1) is 23.9. The normalized spacial score (nSPS) is 12.0. The number of nitrogens with one attached hydrogen (secondary N) is 1. The molecule has 0 aromatic carbocycles. The molecule has 0 saturated heterocycles. The molecule has 0 spiro atoms. The molecule has 0 aliphatic carbocycles. The van der Waals surface area contributed by atoms with E-state index in [4.69, 9.17) is 4.74 Å². The Morgan fingerprint density at radius 3 is 1.62 bits per heavy atom. The summed E-state index contributed by atoms with van der Waals surface area (Å²) in [5.41, 5.74) is 0.313. The summed E-state index contributed by atoms with van der Waals surface area (Å²) in [6.45, 7) is 12.1. The molecule has 0 aromatic heterocycles. The first-order valence-electron chi connectivity index (χ1n) is 11.0. The Hall–Kier alpha value is -0.0800. The van der Waals surface area contributed by atoms with Gasteiger partial charge in [0.25, 0.3) is 0 Å². The Morgan fingerprint density at radius 1 is 0.625 bits per heavy atom. The van der Waals surface area contributed by atoms with Crippen LogP contribution in [0.1, 0.15) is 118 Å². The second-order valence-corrected chi connectivity index (χ2v) is 7.78. The zero-order valence-electron chi connectivity index (χ0n) is 17.4. The largest absolute Gasteiger partial charge is 0.380 e. The predicted molar refractivity (Wildman–Crippen MR) is 109 cm³/mol. The molecule has 2 heteroatoms. The van der Waals surface area contributed by atoms with Gasteiger partial charge in [0.15, 0.2) is 0 Å². The Balaban J connectivity index is 3.90. The summed E-state index contributed by atoms with van der Waals surface area (Å²) in [4.78, 5) is 0. The molecule has 0 radical (unpaired) electrons. The number of rotatable bonds is 19. The van der Waals surface area contributed by atoms with Crippen LogP contribution < -0.4 is 5.32 Å². The zero-order valence-corrected chi connectivity index (χ0v) is 17.4. The van der Waals surface area contributed by atoms with Gasteiger partial charge in [-0.1, -0.05) is 91.4 Å². The molecule has 2 nitrogen and oxygen atoms in total. The molecule has 0 aliphatic heterocycles. The van der Waals surface area contributed by atoms with Crippen molar-refractivity contribution in [3.63, 3.8) is 0 Å². The SMILES string of the molecule is CCCCCCOCCNC(C)(CCCCCC)CCCCCC. The minimum Gasteiger partial charge on any atom is -0.380 e. The van der Waals surface area contributed by atoms with Crippen LogP contribution in [0.3, 0.4) is 0 Å². The molecule has 0 aromatic rings. The zero-order chi connectivity index (χ0) is 17.9. The van der Waals surface area contributed by atoms with Gasteiger partial charge in [-0.25, -0.2) is 0 Å². The van der Waals surface area contributed by atoms with Crippen molar-refractivity contribution in [2.24, 2.45) is 0 Å². The van der Waals surface area contributed by atoms with Gasteiger partial charge in [-0.3, -0.25) is 0 Å². The van der Waals surface area contributed by atoms with Crippen molar-refractivity contribution in [1.29, 1.82) is 0 Å². The Labute approximate surface area is 153 Å². The maximum Gasteiger partial charge on any atom is 0.0591 e. The standard InChI is InChI=1S/C22H47NO/c1-5-8-11-14-17-22(4,18-15-12-9-6-2)23-19-21-24-20-16-13-10-7-3/h23H,5-21H2,1-4H3. The summed E-state index contributed by atoms with van der Waals surface area (Å²) < 4.78 is 5.80. The van der Waals surface area contributed by atoms with Gasteiger partial charge in [0.2, 0.25) is 0 Å². The first-order chi connectivity index (χ1) is 11.7. The average Bonchev–Trinajstić information content (AvgIpc) is 2.58. The predicted octanol–water partition coefficient (Wildman–Crippen LogP) is 6.87. The highest BCUT2D eigenvalue weighted by Crippen LogP contribution is 2.22. The molecular formula is C22H47NO. The van der Waals surface area contributed by atoms with Gasteiger partial charge in [0.05, 0.1) is 6.61 Å². The fourth-order valence-corrected chi connectivity index (χ4v) is 3.34. The lowest BCUT2D eigenvalue weighted by Gasteiger charge is -2.31. The molecule has 0 atom stereocenters. The maximum atomic E-state index is 5.80. The molecule has 0 rings (SSSR count). The smallest absolute Gasteiger partial charge is 0.0591 e. The van der Waals surface area contributed by atoms with Crippen LogP contribution in [-0.2, 0) is 4.74 Å². The fourth-order valence-electron chi connectivity index (χ4n) is 3.34. The summed E-state index contributed by atoms with van der Waals surface area (Å²) in [7, 11) is 0. The van der Waals surface area contributed by atoms with Crippen molar-refractivity contribution in [3.8, 4) is 0 Å². The van der Waals surface area contributed by atoms with Crippen LogP contribution >= 0.6 is 0 Å². The highest BCUT2D eigenvalue weighted by molar-refractivity contribution is 4.83. The summed E-state index contributed by atoms with van der Waals surface area (Å²) in [6, 6.07) is 0. The number of hydrogen-bond donors (Lipinski definition) is 1. The van der Waals surface area contributed by atoms with Crippen LogP contribution in [0.5, 0.6) is 0 Å². The minimum atomic E-state index is 0.313. The lowest BCUT2D eigenvalue weighted by Crippen LogP contribution is -2.44. The summed E-state index contributed by atoms with van der Waals surface area (Å²) >= 11 is 0. The topological polar surface area (TPSA) is 21.3 Å². The molecule has 0 saturated carbocycles. The monoisotopic (exact) mass is 341 g/mol. The molecule has 0 unspecified atom stereocenters. The van der Waals surface area contributed by atoms with Crippen molar-refractivity contribution in [3.05, 3.63) is 0 Å². The van der Waals surface area contributed by atoms with Crippen molar-refractivity contribution < 1.29 is 4.74 Å². The third-order valence-corrected chi connectivity index (χ3v) is 5.10. The summed E-state index contributed by atoms with van der Waals surface area (Å²) in [5.74, 6) is 0. The third-order valence-electron chi connectivity index (χ3n) is 5.10. The lowest BCUT2D eigenvalue weighted by atomic mass is 9.88. The van der Waals surface area contributed by atoms with Crippen LogP contribution in [0.2, 0.25) is 0 Å². The second kappa shape index (κ2) is 17.7. The Kier molecular flexibility index (Phi) is 17.7.